The summed E-state index contributed by atoms with van der Waals surface area (Å²) in [7, 11) is 0. The van der Waals surface area contributed by atoms with Crippen LogP contribution in [0.15, 0.2) is 4.99 Å². The Bertz CT molecular complexity index is 450. The third-order valence-corrected chi connectivity index (χ3v) is 4.00. The number of piperidine rings is 1. The fourth-order valence-electron chi connectivity index (χ4n) is 3.35. The fraction of sp³-hybridized carbons (Fsp3) is 0.867. The summed E-state index contributed by atoms with van der Waals surface area (Å²) < 4.78 is 5.14. The lowest BCUT2D eigenvalue weighted by Crippen LogP contribution is -2.61. The van der Waals surface area contributed by atoms with Crippen LogP contribution in [-0.2, 0) is 14.4 Å². The van der Waals surface area contributed by atoms with Gasteiger partial charge in [-0.25, -0.2) is 9.79 Å². The van der Waals surface area contributed by atoms with Gasteiger partial charge in [0.15, 0.2) is 5.54 Å². The van der Waals surface area contributed by atoms with E-state index in [0.29, 0.717) is 18.7 Å². The molecule has 0 atom stereocenters. The molecule has 0 aromatic carbocycles. The van der Waals surface area contributed by atoms with E-state index < -0.39 is 5.54 Å². The number of cyclic esters (lactones) is 1. The van der Waals surface area contributed by atoms with Crippen molar-refractivity contribution in [1.82, 2.24) is 5.06 Å². The van der Waals surface area contributed by atoms with E-state index in [1.54, 1.807) is 13.8 Å². The van der Waals surface area contributed by atoms with Gasteiger partial charge in [-0.15, -0.1) is 0 Å². The van der Waals surface area contributed by atoms with Crippen molar-refractivity contribution in [3.8, 4) is 0 Å². The van der Waals surface area contributed by atoms with E-state index in [1.165, 1.54) is 0 Å². The first-order valence-corrected chi connectivity index (χ1v) is 7.36. The van der Waals surface area contributed by atoms with Crippen molar-refractivity contribution in [3.05, 3.63) is 0 Å². The molecule has 2 heterocycles. The molecule has 0 spiro atoms. The molecule has 120 valence electrons. The quantitative estimate of drug-likeness (QED) is 0.802. The van der Waals surface area contributed by atoms with Crippen LogP contribution in [0.25, 0.3) is 0 Å². The molecule has 0 radical (unpaired) electrons. The number of carbonyl (C=O) groups is 1. The van der Waals surface area contributed by atoms with Crippen molar-refractivity contribution in [2.45, 2.75) is 77.1 Å². The lowest BCUT2D eigenvalue weighted by Gasteiger charge is -2.52. The van der Waals surface area contributed by atoms with E-state index in [4.69, 9.17) is 9.57 Å². The van der Waals surface area contributed by atoms with Crippen LogP contribution in [0.1, 0.15) is 54.4 Å². The van der Waals surface area contributed by atoms with Crippen molar-refractivity contribution in [2.75, 3.05) is 6.61 Å². The Morgan fingerprint density at radius 1 is 1.24 bits per heavy atom. The van der Waals surface area contributed by atoms with Gasteiger partial charge in [0.05, 0.1) is 6.10 Å². The molecule has 2 rings (SSSR count). The number of aliphatic hydroxyl groups is 1. The molecular weight excluding hydrogens is 272 g/mol. The third kappa shape index (κ3) is 3.27. The summed E-state index contributed by atoms with van der Waals surface area (Å²) >= 11 is 0. The van der Waals surface area contributed by atoms with Crippen LogP contribution in [0.5, 0.6) is 0 Å². The number of aliphatic imine (C=N–C) groups is 1. The zero-order chi connectivity index (χ0) is 16.1. The van der Waals surface area contributed by atoms with Crippen molar-refractivity contribution < 1.29 is 19.5 Å². The summed E-state index contributed by atoms with van der Waals surface area (Å²) in [6.45, 7) is 11.7. The highest BCUT2D eigenvalue weighted by Gasteiger charge is 2.47. The molecule has 6 heteroatoms. The Morgan fingerprint density at radius 2 is 1.76 bits per heavy atom. The van der Waals surface area contributed by atoms with Gasteiger partial charge in [-0.05, 0) is 54.4 Å². The first-order valence-electron chi connectivity index (χ1n) is 7.36. The zero-order valence-corrected chi connectivity index (χ0v) is 13.8. The van der Waals surface area contributed by atoms with Gasteiger partial charge in [0.25, 0.3) is 0 Å². The predicted molar refractivity (Wildman–Crippen MR) is 78.8 cm³/mol. The Labute approximate surface area is 126 Å². The monoisotopic (exact) mass is 298 g/mol. The number of carbonyl (C=O) groups excluding carboxylic acids is 1. The molecule has 2 aliphatic heterocycles. The standard InChI is InChI=1S/C15H26N2O4/c1-13(2)7-10(18)8-14(3,4)17(13)20-9-11-16-15(5,6)12(19)21-11/h10,18H,7-9H2,1-6H3. The Hall–Kier alpha value is -0.980. The lowest BCUT2D eigenvalue weighted by molar-refractivity contribution is -0.284. The van der Waals surface area contributed by atoms with Crippen molar-refractivity contribution in [2.24, 2.45) is 4.99 Å². The zero-order valence-electron chi connectivity index (χ0n) is 13.8. The van der Waals surface area contributed by atoms with E-state index in [2.05, 4.69) is 4.99 Å². The largest absolute Gasteiger partial charge is 0.407 e. The number of aliphatic hydroxyl groups excluding tert-OH is 1. The topological polar surface area (TPSA) is 71.4 Å². The predicted octanol–water partition coefficient (Wildman–Crippen LogP) is 1.67. The molecule has 1 fully saturated rings. The van der Waals surface area contributed by atoms with Crippen LogP contribution in [0.4, 0.5) is 0 Å². The van der Waals surface area contributed by atoms with Crippen molar-refractivity contribution >= 4 is 11.9 Å². The summed E-state index contributed by atoms with van der Waals surface area (Å²) in [5, 5.41) is 11.9. The van der Waals surface area contributed by atoms with Crippen LogP contribution >= 0.6 is 0 Å². The first-order chi connectivity index (χ1) is 9.44. The summed E-state index contributed by atoms with van der Waals surface area (Å²) in [4.78, 5) is 21.8. The number of rotatable bonds is 3. The maximum Gasteiger partial charge on any atom is 0.340 e. The van der Waals surface area contributed by atoms with E-state index in [-0.39, 0.29) is 29.8 Å². The number of ether oxygens (including phenoxy) is 1. The van der Waals surface area contributed by atoms with Gasteiger partial charge < -0.3 is 9.84 Å². The molecule has 0 aliphatic carbocycles. The molecule has 21 heavy (non-hydrogen) atoms. The Kier molecular flexibility index (Phi) is 3.93. The molecule has 6 nitrogen and oxygen atoms in total. The minimum Gasteiger partial charge on any atom is -0.407 e. The molecule has 0 aromatic heterocycles. The maximum atomic E-state index is 11.6. The molecule has 0 aromatic rings. The summed E-state index contributed by atoms with van der Waals surface area (Å²) in [5.74, 6) is -0.0450. The SMILES string of the molecule is CC1(C)N=C(CON2C(C)(C)CC(O)CC2(C)C)OC1=O. The molecule has 2 aliphatic rings. The number of hydrogen-bond donors (Lipinski definition) is 1. The normalized spacial score (nSPS) is 28.3. The number of hydroxylamine groups is 2. The maximum absolute atomic E-state index is 11.6. The number of esters is 1. The van der Waals surface area contributed by atoms with Gasteiger partial charge in [-0.2, -0.15) is 5.06 Å². The van der Waals surface area contributed by atoms with Crippen LogP contribution in [-0.4, -0.2) is 51.4 Å². The fourth-order valence-corrected chi connectivity index (χ4v) is 3.35. The number of nitrogens with zero attached hydrogens (tertiary/aromatic N) is 2. The van der Waals surface area contributed by atoms with Gasteiger partial charge >= 0.3 is 5.97 Å². The highest BCUT2D eigenvalue weighted by atomic mass is 16.7. The summed E-state index contributed by atoms with van der Waals surface area (Å²) in [6, 6.07) is 0. The highest BCUT2D eigenvalue weighted by Crippen LogP contribution is 2.38. The minimum absolute atomic E-state index is 0.123. The van der Waals surface area contributed by atoms with E-state index >= 15 is 0 Å². The van der Waals surface area contributed by atoms with Gasteiger partial charge in [0.2, 0.25) is 5.90 Å². The van der Waals surface area contributed by atoms with Crippen LogP contribution < -0.4 is 0 Å². The van der Waals surface area contributed by atoms with Gasteiger partial charge in [0.1, 0.15) is 6.61 Å². The molecule has 1 saturated heterocycles. The minimum atomic E-state index is -0.832. The number of hydrogen-bond acceptors (Lipinski definition) is 6. The molecule has 0 amide bonds. The smallest absolute Gasteiger partial charge is 0.340 e. The Balaban J connectivity index is 2.07. The molecule has 0 saturated carbocycles. The molecular formula is C15H26N2O4. The first kappa shape index (κ1) is 16.4. The van der Waals surface area contributed by atoms with E-state index in [0.717, 1.165) is 0 Å². The van der Waals surface area contributed by atoms with E-state index in [9.17, 15) is 9.90 Å². The van der Waals surface area contributed by atoms with Crippen LogP contribution in [0, 0.1) is 0 Å². The van der Waals surface area contributed by atoms with Gasteiger partial charge in [-0.1, -0.05) is 0 Å². The lowest BCUT2D eigenvalue weighted by atomic mass is 9.80. The Morgan fingerprint density at radius 3 is 2.19 bits per heavy atom. The van der Waals surface area contributed by atoms with Crippen molar-refractivity contribution in [1.29, 1.82) is 0 Å². The molecule has 0 unspecified atom stereocenters. The van der Waals surface area contributed by atoms with Crippen LogP contribution in [0.3, 0.4) is 0 Å². The average Bonchev–Trinajstić information content (AvgIpc) is 2.48. The summed E-state index contributed by atoms with van der Waals surface area (Å²) in [5.41, 5.74) is -1.44. The second-order valence-electron chi connectivity index (χ2n) is 7.71. The van der Waals surface area contributed by atoms with Gasteiger partial charge in [0, 0.05) is 11.1 Å². The third-order valence-electron chi connectivity index (χ3n) is 4.00. The average molecular weight is 298 g/mol. The van der Waals surface area contributed by atoms with Crippen LogP contribution in [0.2, 0.25) is 0 Å². The second kappa shape index (κ2) is 5.04. The summed E-state index contributed by atoms with van der Waals surface area (Å²) in [6.07, 6.45) is 0.929. The molecule has 1 N–H and O–H groups in total. The second-order valence-corrected chi connectivity index (χ2v) is 7.71. The van der Waals surface area contributed by atoms with Crippen molar-refractivity contribution in [3.63, 3.8) is 0 Å². The molecule has 0 bridgehead atoms. The van der Waals surface area contributed by atoms with E-state index in [1.807, 2.05) is 32.8 Å². The van der Waals surface area contributed by atoms with Gasteiger partial charge in [-0.3, -0.25) is 4.84 Å². The highest BCUT2D eigenvalue weighted by molar-refractivity contribution is 5.99.